The van der Waals surface area contributed by atoms with Crippen LogP contribution in [0.4, 0.5) is 5.69 Å². The summed E-state index contributed by atoms with van der Waals surface area (Å²) in [5.74, 6) is -0.237. The number of carbonyl (C=O) groups excluding carboxylic acids is 1. The highest BCUT2D eigenvalue weighted by Gasteiger charge is 2.20. The second kappa shape index (κ2) is 11.1. The van der Waals surface area contributed by atoms with Gasteiger partial charge in [0.05, 0.1) is 16.6 Å². The molecule has 33 heavy (non-hydrogen) atoms. The van der Waals surface area contributed by atoms with E-state index >= 15 is 0 Å². The van der Waals surface area contributed by atoms with Crippen LogP contribution in [0.3, 0.4) is 0 Å². The summed E-state index contributed by atoms with van der Waals surface area (Å²) in [7, 11) is -3.75. The van der Waals surface area contributed by atoms with E-state index in [1.165, 1.54) is 24.3 Å². The molecule has 174 valence electrons. The van der Waals surface area contributed by atoms with Crippen LogP contribution in [0, 0.1) is 6.92 Å². The van der Waals surface area contributed by atoms with Crippen molar-refractivity contribution in [3.05, 3.63) is 95.6 Å². The fourth-order valence-electron chi connectivity index (χ4n) is 3.77. The van der Waals surface area contributed by atoms with Gasteiger partial charge in [0.1, 0.15) is 0 Å². The molecule has 0 saturated carbocycles. The number of amides is 1. The van der Waals surface area contributed by atoms with Crippen LogP contribution in [-0.4, -0.2) is 38.9 Å². The highest BCUT2D eigenvalue weighted by molar-refractivity contribution is 7.92. The van der Waals surface area contributed by atoms with Gasteiger partial charge in [-0.1, -0.05) is 62.4 Å². The van der Waals surface area contributed by atoms with Crippen LogP contribution in [0.15, 0.2) is 83.8 Å². The van der Waals surface area contributed by atoms with E-state index in [0.717, 1.165) is 24.2 Å². The van der Waals surface area contributed by atoms with Crippen molar-refractivity contribution in [3.8, 4) is 0 Å². The second-order valence-electron chi connectivity index (χ2n) is 7.80. The number of carbonyl (C=O) groups is 1. The van der Waals surface area contributed by atoms with Crippen molar-refractivity contribution in [2.75, 3.05) is 24.4 Å². The lowest BCUT2D eigenvalue weighted by Crippen LogP contribution is -2.38. The normalized spacial score (nSPS) is 12.4. The van der Waals surface area contributed by atoms with Gasteiger partial charge >= 0.3 is 0 Å². The Morgan fingerprint density at radius 3 is 2.09 bits per heavy atom. The highest BCUT2D eigenvalue weighted by Crippen LogP contribution is 2.21. The summed E-state index contributed by atoms with van der Waals surface area (Å²) in [5, 5.41) is 3.01. The molecule has 0 radical (unpaired) electrons. The molecule has 2 N–H and O–H groups in total. The quantitative estimate of drug-likeness (QED) is 0.458. The predicted molar refractivity (Wildman–Crippen MR) is 133 cm³/mol. The summed E-state index contributed by atoms with van der Waals surface area (Å²) in [6, 6.07) is 23.3. The monoisotopic (exact) mass is 465 g/mol. The molecule has 1 amide bonds. The molecular weight excluding hydrogens is 434 g/mol. The topological polar surface area (TPSA) is 78.5 Å². The SMILES string of the molecule is CCN(CC)[C@H](CNC(=O)c1ccc(S(=O)(=O)Nc2ccccc2C)cc1)c1ccccc1. The van der Waals surface area contributed by atoms with Gasteiger partial charge in [0, 0.05) is 12.1 Å². The van der Waals surface area contributed by atoms with Crippen LogP contribution < -0.4 is 10.0 Å². The van der Waals surface area contributed by atoms with Crippen LogP contribution in [0.25, 0.3) is 0 Å². The summed E-state index contributed by atoms with van der Waals surface area (Å²) in [4.78, 5) is 15.2. The lowest BCUT2D eigenvalue weighted by molar-refractivity contribution is 0.0935. The zero-order chi connectivity index (χ0) is 23.8. The molecule has 0 aliphatic rings. The van der Waals surface area contributed by atoms with Crippen molar-refractivity contribution in [1.82, 2.24) is 10.2 Å². The predicted octanol–water partition coefficient (Wildman–Crippen LogP) is 4.61. The molecule has 0 aliphatic carbocycles. The van der Waals surface area contributed by atoms with Gasteiger partial charge in [-0.3, -0.25) is 14.4 Å². The maximum Gasteiger partial charge on any atom is 0.261 e. The summed E-state index contributed by atoms with van der Waals surface area (Å²) in [6.07, 6.45) is 0. The van der Waals surface area contributed by atoms with Crippen LogP contribution in [0.2, 0.25) is 0 Å². The molecule has 3 aromatic carbocycles. The van der Waals surface area contributed by atoms with Gasteiger partial charge in [-0.15, -0.1) is 0 Å². The van der Waals surface area contributed by atoms with E-state index in [1.807, 2.05) is 37.3 Å². The first-order chi connectivity index (χ1) is 15.9. The zero-order valence-electron chi connectivity index (χ0n) is 19.3. The molecule has 1 atom stereocenters. The van der Waals surface area contributed by atoms with Gasteiger partial charge in [0.15, 0.2) is 0 Å². The van der Waals surface area contributed by atoms with E-state index in [0.29, 0.717) is 17.8 Å². The lowest BCUT2D eigenvalue weighted by Gasteiger charge is -2.30. The Bertz CT molecular complexity index is 1160. The number of anilines is 1. The molecule has 0 heterocycles. The van der Waals surface area contributed by atoms with Gasteiger partial charge in [-0.05, 0) is 61.5 Å². The third-order valence-electron chi connectivity index (χ3n) is 5.71. The highest BCUT2D eigenvalue weighted by atomic mass is 32.2. The Kier molecular flexibility index (Phi) is 8.25. The Balaban J connectivity index is 1.70. The Labute approximate surface area is 196 Å². The minimum atomic E-state index is -3.75. The summed E-state index contributed by atoms with van der Waals surface area (Å²) >= 11 is 0. The van der Waals surface area contributed by atoms with Crippen LogP contribution in [0.1, 0.15) is 41.4 Å². The number of likely N-dealkylation sites (N-methyl/N-ethyl adjacent to an activating group) is 1. The van der Waals surface area contributed by atoms with Gasteiger partial charge in [-0.25, -0.2) is 8.42 Å². The average Bonchev–Trinajstić information content (AvgIpc) is 2.83. The van der Waals surface area contributed by atoms with Gasteiger partial charge < -0.3 is 5.32 Å². The third kappa shape index (κ3) is 6.21. The molecule has 0 spiro atoms. The molecule has 6 nitrogen and oxygen atoms in total. The first kappa shape index (κ1) is 24.5. The van der Waals surface area contributed by atoms with Crippen molar-refractivity contribution < 1.29 is 13.2 Å². The number of sulfonamides is 1. The van der Waals surface area contributed by atoms with Gasteiger partial charge in [-0.2, -0.15) is 0 Å². The van der Waals surface area contributed by atoms with E-state index in [4.69, 9.17) is 0 Å². The summed E-state index contributed by atoms with van der Waals surface area (Å²) in [6.45, 7) is 8.24. The number of hydrogen-bond donors (Lipinski definition) is 2. The van der Waals surface area contributed by atoms with E-state index in [2.05, 4.69) is 40.9 Å². The van der Waals surface area contributed by atoms with E-state index in [9.17, 15) is 13.2 Å². The number of hydrogen-bond acceptors (Lipinski definition) is 4. The van der Waals surface area contributed by atoms with Gasteiger partial charge in [0.2, 0.25) is 0 Å². The third-order valence-corrected chi connectivity index (χ3v) is 7.09. The van der Waals surface area contributed by atoms with E-state index < -0.39 is 10.0 Å². The molecule has 0 saturated heterocycles. The van der Waals surface area contributed by atoms with Crippen molar-refractivity contribution >= 4 is 21.6 Å². The molecular formula is C26H31N3O3S. The maximum atomic E-state index is 12.8. The molecule has 3 aromatic rings. The molecule has 0 fully saturated rings. The fourth-order valence-corrected chi connectivity index (χ4v) is 4.90. The van der Waals surface area contributed by atoms with Crippen LogP contribution in [0.5, 0.6) is 0 Å². The Morgan fingerprint density at radius 1 is 0.879 bits per heavy atom. The first-order valence-electron chi connectivity index (χ1n) is 11.1. The number of nitrogens with one attached hydrogen (secondary N) is 2. The maximum absolute atomic E-state index is 12.8. The molecule has 0 aliphatic heterocycles. The van der Waals surface area contributed by atoms with Gasteiger partial charge in [0.25, 0.3) is 15.9 Å². The van der Waals surface area contributed by atoms with Crippen molar-refractivity contribution in [2.45, 2.75) is 31.7 Å². The molecule has 0 aromatic heterocycles. The molecule has 0 bridgehead atoms. The number of rotatable bonds is 10. The lowest BCUT2D eigenvalue weighted by atomic mass is 10.0. The van der Waals surface area contributed by atoms with E-state index in [1.54, 1.807) is 12.1 Å². The Hall–Kier alpha value is -3.16. The molecule has 0 unspecified atom stereocenters. The van der Waals surface area contributed by atoms with Crippen LogP contribution in [-0.2, 0) is 10.0 Å². The van der Waals surface area contributed by atoms with Crippen molar-refractivity contribution in [2.24, 2.45) is 0 Å². The number of para-hydroxylation sites is 1. The largest absolute Gasteiger partial charge is 0.350 e. The fraction of sp³-hybridized carbons (Fsp3) is 0.269. The molecule has 3 rings (SSSR count). The first-order valence-corrected chi connectivity index (χ1v) is 12.6. The van der Waals surface area contributed by atoms with E-state index in [-0.39, 0.29) is 16.8 Å². The second-order valence-corrected chi connectivity index (χ2v) is 9.48. The number of benzene rings is 3. The van der Waals surface area contributed by atoms with Crippen molar-refractivity contribution in [3.63, 3.8) is 0 Å². The minimum absolute atomic E-state index is 0.0584. The smallest absolute Gasteiger partial charge is 0.261 e. The summed E-state index contributed by atoms with van der Waals surface area (Å²) < 4.78 is 28.1. The zero-order valence-corrected chi connectivity index (χ0v) is 20.1. The van der Waals surface area contributed by atoms with Crippen LogP contribution >= 0.6 is 0 Å². The standard InChI is InChI=1S/C26H31N3O3S/c1-4-29(5-2)25(21-12-7-6-8-13-21)19-27-26(30)22-15-17-23(18-16-22)33(31,32)28-24-14-10-9-11-20(24)3/h6-18,25,28H,4-5,19H2,1-3H3,(H,27,30)/t25-/m1/s1. The number of aryl methyl sites for hydroxylation is 1. The van der Waals surface area contributed by atoms with Crippen molar-refractivity contribution in [1.29, 1.82) is 0 Å². The average molecular weight is 466 g/mol. The minimum Gasteiger partial charge on any atom is -0.350 e. The number of nitrogens with zero attached hydrogens (tertiary/aromatic N) is 1. The Morgan fingerprint density at radius 2 is 1.48 bits per heavy atom. The summed E-state index contributed by atoms with van der Waals surface area (Å²) in [5.41, 5.74) is 2.92. The molecule has 7 heteroatoms.